The summed E-state index contributed by atoms with van der Waals surface area (Å²) < 4.78 is 5.28. The first-order valence-electron chi connectivity index (χ1n) is 5.44. The Balaban J connectivity index is 2.08. The Labute approximate surface area is 103 Å². The quantitative estimate of drug-likeness (QED) is 0.828. The van der Waals surface area contributed by atoms with Crippen molar-refractivity contribution in [2.45, 2.75) is 12.6 Å². The van der Waals surface area contributed by atoms with Crippen molar-refractivity contribution in [1.29, 1.82) is 0 Å². The molecular weight excluding hydrogens is 242 g/mol. The van der Waals surface area contributed by atoms with Crippen molar-refractivity contribution in [3.05, 3.63) is 21.9 Å². The number of hydrogen-bond donors (Lipinski definition) is 2. The van der Waals surface area contributed by atoms with Crippen molar-refractivity contribution >= 4 is 17.3 Å². The number of ether oxygens (including phenoxy) is 1. The molecule has 0 bridgehead atoms. The van der Waals surface area contributed by atoms with Gasteiger partial charge in [-0.3, -0.25) is 4.90 Å². The molecule has 0 radical (unpaired) electrons. The average Bonchev–Trinajstić information content (AvgIpc) is 2.78. The van der Waals surface area contributed by atoms with Crippen LogP contribution in [0.1, 0.15) is 15.2 Å². The van der Waals surface area contributed by atoms with Crippen LogP contribution in [0.25, 0.3) is 0 Å². The predicted molar refractivity (Wildman–Crippen MR) is 63.4 cm³/mol. The van der Waals surface area contributed by atoms with Crippen LogP contribution in [-0.2, 0) is 11.3 Å². The number of thiophene rings is 1. The van der Waals surface area contributed by atoms with Gasteiger partial charge in [0.2, 0.25) is 0 Å². The van der Waals surface area contributed by atoms with E-state index in [-0.39, 0.29) is 12.6 Å². The summed E-state index contributed by atoms with van der Waals surface area (Å²) in [6.45, 7) is 2.44. The van der Waals surface area contributed by atoms with Gasteiger partial charge in [0.25, 0.3) is 0 Å². The molecule has 1 saturated heterocycles. The SMILES string of the molecule is O=C(O)c1sccc1CN1CCOCC1CO. The monoisotopic (exact) mass is 257 g/mol. The van der Waals surface area contributed by atoms with Crippen molar-refractivity contribution < 1.29 is 19.7 Å². The molecule has 1 aromatic heterocycles. The Kier molecular flexibility index (Phi) is 4.11. The second kappa shape index (κ2) is 5.59. The van der Waals surface area contributed by atoms with Crippen molar-refractivity contribution in [3.8, 4) is 0 Å². The van der Waals surface area contributed by atoms with Crippen molar-refractivity contribution in [1.82, 2.24) is 4.90 Å². The maximum atomic E-state index is 11.0. The number of aliphatic hydroxyl groups excluding tert-OH is 1. The molecule has 1 aliphatic rings. The van der Waals surface area contributed by atoms with Gasteiger partial charge in [0.1, 0.15) is 4.88 Å². The normalized spacial score (nSPS) is 21.6. The van der Waals surface area contributed by atoms with Crippen LogP contribution >= 0.6 is 11.3 Å². The van der Waals surface area contributed by atoms with Gasteiger partial charge < -0.3 is 14.9 Å². The molecule has 1 unspecified atom stereocenters. The molecule has 0 aliphatic carbocycles. The van der Waals surface area contributed by atoms with E-state index < -0.39 is 5.97 Å². The van der Waals surface area contributed by atoms with Gasteiger partial charge in [0.05, 0.1) is 25.9 Å². The fourth-order valence-corrected chi connectivity index (χ4v) is 2.69. The smallest absolute Gasteiger partial charge is 0.346 e. The Morgan fingerprint density at radius 3 is 3.18 bits per heavy atom. The number of hydrogen-bond acceptors (Lipinski definition) is 5. The van der Waals surface area contributed by atoms with E-state index in [0.717, 1.165) is 12.1 Å². The van der Waals surface area contributed by atoms with E-state index in [0.29, 0.717) is 24.6 Å². The van der Waals surface area contributed by atoms with Crippen molar-refractivity contribution in [2.24, 2.45) is 0 Å². The van der Waals surface area contributed by atoms with Gasteiger partial charge in [0, 0.05) is 13.1 Å². The summed E-state index contributed by atoms with van der Waals surface area (Å²) in [6, 6.07) is 1.79. The summed E-state index contributed by atoms with van der Waals surface area (Å²) in [5.41, 5.74) is 0.808. The van der Waals surface area contributed by atoms with E-state index in [1.54, 1.807) is 5.38 Å². The lowest BCUT2D eigenvalue weighted by Gasteiger charge is -2.34. The standard InChI is InChI=1S/C11H15NO4S/c13-6-9-7-16-3-2-12(9)5-8-1-4-17-10(8)11(14)15/h1,4,9,13H,2-3,5-7H2,(H,14,15). The van der Waals surface area contributed by atoms with Gasteiger partial charge in [-0.2, -0.15) is 0 Å². The number of carbonyl (C=O) groups is 1. The van der Waals surface area contributed by atoms with Crippen LogP contribution in [0.2, 0.25) is 0 Å². The zero-order chi connectivity index (χ0) is 12.3. The minimum absolute atomic E-state index is 0.0343. The third-order valence-electron chi connectivity index (χ3n) is 2.87. The van der Waals surface area contributed by atoms with Gasteiger partial charge in [-0.25, -0.2) is 4.79 Å². The van der Waals surface area contributed by atoms with Crippen LogP contribution in [0.4, 0.5) is 0 Å². The molecule has 5 nitrogen and oxygen atoms in total. The largest absolute Gasteiger partial charge is 0.477 e. The van der Waals surface area contributed by atoms with Crippen LogP contribution in [0.5, 0.6) is 0 Å². The predicted octanol–water partition coefficient (Wildman–Crippen LogP) is 0.639. The first kappa shape index (κ1) is 12.5. The number of carboxylic acid groups (broad SMARTS) is 1. The van der Waals surface area contributed by atoms with Gasteiger partial charge in [-0.15, -0.1) is 11.3 Å². The molecule has 1 fully saturated rings. The van der Waals surface area contributed by atoms with Crippen LogP contribution in [0, 0.1) is 0 Å². The fourth-order valence-electron chi connectivity index (χ4n) is 1.93. The van der Waals surface area contributed by atoms with E-state index >= 15 is 0 Å². The molecule has 0 amide bonds. The summed E-state index contributed by atoms with van der Waals surface area (Å²) >= 11 is 1.24. The van der Waals surface area contributed by atoms with Crippen LogP contribution in [0.3, 0.4) is 0 Å². The molecule has 1 aromatic rings. The molecule has 1 aliphatic heterocycles. The van der Waals surface area contributed by atoms with Gasteiger partial charge in [-0.1, -0.05) is 0 Å². The third-order valence-corrected chi connectivity index (χ3v) is 3.82. The maximum Gasteiger partial charge on any atom is 0.346 e. The zero-order valence-corrected chi connectivity index (χ0v) is 10.2. The van der Waals surface area contributed by atoms with E-state index in [9.17, 15) is 9.90 Å². The molecule has 2 rings (SSSR count). The Morgan fingerprint density at radius 1 is 1.65 bits per heavy atom. The molecular formula is C11H15NO4S. The molecule has 94 valence electrons. The van der Waals surface area contributed by atoms with E-state index in [2.05, 4.69) is 4.90 Å². The molecule has 1 atom stereocenters. The van der Waals surface area contributed by atoms with E-state index in [4.69, 9.17) is 9.84 Å². The molecule has 17 heavy (non-hydrogen) atoms. The first-order valence-corrected chi connectivity index (χ1v) is 6.32. The first-order chi connectivity index (χ1) is 8.22. The summed E-state index contributed by atoms with van der Waals surface area (Å²) in [6.07, 6.45) is 0. The maximum absolute atomic E-state index is 11.0. The summed E-state index contributed by atoms with van der Waals surface area (Å²) in [4.78, 5) is 13.4. The molecule has 0 aromatic carbocycles. The molecule has 2 heterocycles. The molecule has 0 spiro atoms. The highest BCUT2D eigenvalue weighted by Crippen LogP contribution is 2.20. The van der Waals surface area contributed by atoms with Crippen molar-refractivity contribution in [3.63, 3.8) is 0 Å². The van der Waals surface area contributed by atoms with Gasteiger partial charge >= 0.3 is 5.97 Å². The second-order valence-corrected chi connectivity index (χ2v) is 4.88. The number of aliphatic hydroxyl groups is 1. The summed E-state index contributed by atoms with van der Waals surface area (Å²) in [5, 5.41) is 20.0. The fraction of sp³-hybridized carbons (Fsp3) is 0.545. The highest BCUT2D eigenvalue weighted by Gasteiger charge is 2.24. The Bertz CT molecular complexity index is 393. The van der Waals surface area contributed by atoms with Crippen LogP contribution in [-0.4, -0.2) is 53.5 Å². The number of morpholine rings is 1. The highest BCUT2D eigenvalue weighted by atomic mass is 32.1. The number of nitrogens with zero attached hydrogens (tertiary/aromatic N) is 1. The molecule has 2 N–H and O–H groups in total. The van der Waals surface area contributed by atoms with Gasteiger partial charge in [0.15, 0.2) is 0 Å². The van der Waals surface area contributed by atoms with Crippen molar-refractivity contribution in [2.75, 3.05) is 26.4 Å². The van der Waals surface area contributed by atoms with Crippen LogP contribution in [0.15, 0.2) is 11.4 Å². The highest BCUT2D eigenvalue weighted by molar-refractivity contribution is 7.12. The zero-order valence-electron chi connectivity index (χ0n) is 9.33. The lowest BCUT2D eigenvalue weighted by Crippen LogP contribution is -2.46. The number of aromatic carboxylic acids is 1. The topological polar surface area (TPSA) is 70.0 Å². The van der Waals surface area contributed by atoms with E-state index in [1.165, 1.54) is 11.3 Å². The van der Waals surface area contributed by atoms with Crippen LogP contribution < -0.4 is 0 Å². The van der Waals surface area contributed by atoms with Gasteiger partial charge in [-0.05, 0) is 17.0 Å². The minimum Gasteiger partial charge on any atom is -0.477 e. The Morgan fingerprint density at radius 2 is 2.47 bits per heavy atom. The third kappa shape index (κ3) is 2.84. The lowest BCUT2D eigenvalue weighted by atomic mass is 10.2. The number of carboxylic acids is 1. The Hall–Kier alpha value is -0.950. The average molecular weight is 257 g/mol. The summed E-state index contributed by atoms with van der Waals surface area (Å²) in [5.74, 6) is -0.885. The minimum atomic E-state index is -0.885. The second-order valence-electron chi connectivity index (χ2n) is 3.96. The molecule has 0 saturated carbocycles. The lowest BCUT2D eigenvalue weighted by molar-refractivity contribution is -0.0312. The summed E-state index contributed by atoms with van der Waals surface area (Å²) in [7, 11) is 0. The number of rotatable bonds is 4. The van der Waals surface area contributed by atoms with E-state index in [1.807, 2.05) is 6.07 Å². The molecule has 6 heteroatoms.